The Hall–Kier alpha value is -1.58. The van der Waals surface area contributed by atoms with Gasteiger partial charge in [0.15, 0.2) is 0 Å². The summed E-state index contributed by atoms with van der Waals surface area (Å²) in [6.45, 7) is 1.93. The molecule has 0 spiro atoms. The van der Waals surface area contributed by atoms with E-state index in [1.54, 1.807) is 6.20 Å². The molecule has 0 unspecified atom stereocenters. The summed E-state index contributed by atoms with van der Waals surface area (Å²) in [6.07, 6.45) is 6.38. The highest BCUT2D eigenvalue weighted by Crippen LogP contribution is 2.25. The molecule has 1 amide bonds. The van der Waals surface area contributed by atoms with E-state index in [0.717, 1.165) is 24.2 Å². The van der Waals surface area contributed by atoms with Crippen molar-refractivity contribution in [2.45, 2.75) is 38.6 Å². The van der Waals surface area contributed by atoms with Crippen molar-refractivity contribution in [3.05, 3.63) is 23.5 Å². The number of aromatic nitrogens is 1. The van der Waals surface area contributed by atoms with Crippen molar-refractivity contribution in [1.82, 2.24) is 9.88 Å². The van der Waals surface area contributed by atoms with Gasteiger partial charge in [0, 0.05) is 32.0 Å². The number of anilines is 1. The maximum absolute atomic E-state index is 12.5. The Kier molecular flexibility index (Phi) is 3.84. The zero-order valence-electron chi connectivity index (χ0n) is 11.4. The first-order valence-electron chi connectivity index (χ1n) is 6.55. The predicted molar refractivity (Wildman–Crippen MR) is 72.9 cm³/mol. The summed E-state index contributed by atoms with van der Waals surface area (Å²) in [5.41, 5.74) is 2.44. The lowest BCUT2D eigenvalue weighted by molar-refractivity contribution is 0.0735. The molecule has 0 aromatic carbocycles. The third-order valence-electron chi connectivity index (χ3n) is 3.73. The van der Waals surface area contributed by atoms with Gasteiger partial charge in [0.2, 0.25) is 0 Å². The summed E-state index contributed by atoms with van der Waals surface area (Å²) in [6, 6.07) is 2.30. The fraction of sp³-hybridized carbons (Fsp3) is 0.571. The summed E-state index contributed by atoms with van der Waals surface area (Å²) >= 11 is 0. The van der Waals surface area contributed by atoms with E-state index in [0.29, 0.717) is 11.6 Å². The maximum Gasteiger partial charge on any atom is 0.257 e. The zero-order valence-corrected chi connectivity index (χ0v) is 11.4. The van der Waals surface area contributed by atoms with E-state index in [1.165, 1.54) is 12.8 Å². The van der Waals surface area contributed by atoms with E-state index < -0.39 is 0 Å². The molecule has 0 aliphatic heterocycles. The standard InChI is InChI=1S/C14H21N3O/c1-10-8-13(15-2)12(9-16-10)14(18)17(3)11-6-4-5-7-11/h8-9,11H,4-7H2,1-3H3,(H,15,16). The van der Waals surface area contributed by atoms with Crippen LogP contribution in [0.1, 0.15) is 41.7 Å². The Labute approximate surface area is 108 Å². The number of nitrogens with zero attached hydrogens (tertiary/aromatic N) is 2. The predicted octanol–water partition coefficient (Wildman–Crippen LogP) is 2.45. The minimum absolute atomic E-state index is 0.0683. The molecule has 0 atom stereocenters. The summed E-state index contributed by atoms with van der Waals surface area (Å²) in [5.74, 6) is 0.0683. The molecular weight excluding hydrogens is 226 g/mol. The lowest BCUT2D eigenvalue weighted by Crippen LogP contribution is -2.35. The minimum atomic E-state index is 0.0683. The molecule has 4 nitrogen and oxygen atoms in total. The van der Waals surface area contributed by atoms with E-state index in [9.17, 15) is 4.79 Å². The molecule has 1 aliphatic carbocycles. The number of pyridine rings is 1. The number of hydrogen-bond acceptors (Lipinski definition) is 3. The number of hydrogen-bond donors (Lipinski definition) is 1. The molecule has 0 radical (unpaired) electrons. The van der Waals surface area contributed by atoms with Gasteiger partial charge in [-0.15, -0.1) is 0 Å². The largest absolute Gasteiger partial charge is 0.387 e. The van der Waals surface area contributed by atoms with E-state index in [1.807, 2.05) is 32.0 Å². The van der Waals surface area contributed by atoms with Crippen LogP contribution in [0.2, 0.25) is 0 Å². The second-order valence-corrected chi connectivity index (χ2v) is 4.98. The summed E-state index contributed by atoms with van der Waals surface area (Å²) in [4.78, 5) is 18.6. The molecule has 1 aromatic heterocycles. The Bertz CT molecular complexity index is 439. The first-order valence-corrected chi connectivity index (χ1v) is 6.55. The van der Waals surface area contributed by atoms with Crippen LogP contribution in [0.25, 0.3) is 0 Å². The van der Waals surface area contributed by atoms with Gasteiger partial charge in [0.1, 0.15) is 0 Å². The third-order valence-corrected chi connectivity index (χ3v) is 3.73. The second-order valence-electron chi connectivity index (χ2n) is 4.98. The van der Waals surface area contributed by atoms with Crippen LogP contribution in [-0.4, -0.2) is 35.9 Å². The van der Waals surface area contributed by atoms with Gasteiger partial charge in [-0.2, -0.15) is 0 Å². The van der Waals surface area contributed by atoms with E-state index in [4.69, 9.17) is 0 Å². The van der Waals surface area contributed by atoms with Gasteiger partial charge in [0.25, 0.3) is 5.91 Å². The molecule has 1 aromatic rings. The molecular formula is C14H21N3O. The molecule has 1 fully saturated rings. The fourth-order valence-corrected chi connectivity index (χ4v) is 2.58. The molecule has 1 heterocycles. The van der Waals surface area contributed by atoms with Gasteiger partial charge in [-0.1, -0.05) is 12.8 Å². The fourth-order valence-electron chi connectivity index (χ4n) is 2.58. The quantitative estimate of drug-likeness (QED) is 0.892. The maximum atomic E-state index is 12.5. The lowest BCUT2D eigenvalue weighted by atomic mass is 10.1. The van der Waals surface area contributed by atoms with Gasteiger partial charge < -0.3 is 10.2 Å². The minimum Gasteiger partial charge on any atom is -0.387 e. The van der Waals surface area contributed by atoms with E-state index >= 15 is 0 Å². The van der Waals surface area contributed by atoms with Crippen molar-refractivity contribution in [1.29, 1.82) is 0 Å². The Balaban J connectivity index is 2.22. The monoisotopic (exact) mass is 247 g/mol. The van der Waals surface area contributed by atoms with Crippen molar-refractivity contribution >= 4 is 11.6 Å². The van der Waals surface area contributed by atoms with Gasteiger partial charge in [-0.3, -0.25) is 9.78 Å². The van der Waals surface area contributed by atoms with Crippen LogP contribution in [0.4, 0.5) is 5.69 Å². The molecule has 1 aliphatic rings. The molecule has 18 heavy (non-hydrogen) atoms. The summed E-state index contributed by atoms with van der Waals surface area (Å²) in [7, 11) is 3.73. The number of carbonyl (C=O) groups excluding carboxylic acids is 1. The van der Waals surface area contributed by atoms with Crippen molar-refractivity contribution < 1.29 is 4.79 Å². The molecule has 0 saturated heterocycles. The SMILES string of the molecule is CNc1cc(C)ncc1C(=O)N(C)C1CCCC1. The molecule has 2 rings (SSSR count). The average Bonchev–Trinajstić information content (AvgIpc) is 2.90. The number of aryl methyl sites for hydroxylation is 1. The number of carbonyl (C=O) groups is 1. The smallest absolute Gasteiger partial charge is 0.257 e. The van der Waals surface area contributed by atoms with Crippen LogP contribution in [-0.2, 0) is 0 Å². The molecule has 98 valence electrons. The molecule has 0 bridgehead atoms. The van der Waals surface area contributed by atoms with Crippen LogP contribution < -0.4 is 5.32 Å². The van der Waals surface area contributed by atoms with Crippen molar-refractivity contribution in [2.75, 3.05) is 19.4 Å². The summed E-state index contributed by atoms with van der Waals surface area (Å²) < 4.78 is 0. The van der Waals surface area contributed by atoms with E-state index in [2.05, 4.69) is 10.3 Å². The topological polar surface area (TPSA) is 45.2 Å². The lowest BCUT2D eigenvalue weighted by Gasteiger charge is -2.25. The van der Waals surface area contributed by atoms with Crippen molar-refractivity contribution in [2.24, 2.45) is 0 Å². The first-order chi connectivity index (χ1) is 8.63. The highest BCUT2D eigenvalue weighted by molar-refractivity contribution is 5.99. The second kappa shape index (κ2) is 5.38. The molecule has 4 heteroatoms. The normalized spacial score (nSPS) is 15.7. The third kappa shape index (κ3) is 2.47. The number of nitrogens with one attached hydrogen (secondary N) is 1. The van der Waals surface area contributed by atoms with Crippen molar-refractivity contribution in [3.63, 3.8) is 0 Å². The van der Waals surface area contributed by atoms with Gasteiger partial charge in [-0.25, -0.2) is 0 Å². The van der Waals surface area contributed by atoms with Gasteiger partial charge >= 0.3 is 0 Å². The first kappa shape index (κ1) is 12.9. The van der Waals surface area contributed by atoms with Crippen LogP contribution in [0.15, 0.2) is 12.3 Å². The van der Waals surface area contributed by atoms with Crippen LogP contribution in [0, 0.1) is 6.92 Å². The van der Waals surface area contributed by atoms with Gasteiger partial charge in [-0.05, 0) is 25.8 Å². The zero-order chi connectivity index (χ0) is 13.1. The number of amides is 1. The molecule has 1 N–H and O–H groups in total. The highest BCUT2D eigenvalue weighted by atomic mass is 16.2. The summed E-state index contributed by atoms with van der Waals surface area (Å²) in [5, 5.41) is 3.08. The van der Waals surface area contributed by atoms with Crippen LogP contribution in [0.3, 0.4) is 0 Å². The number of rotatable bonds is 3. The van der Waals surface area contributed by atoms with E-state index in [-0.39, 0.29) is 5.91 Å². The Morgan fingerprint density at radius 2 is 2.11 bits per heavy atom. The average molecular weight is 247 g/mol. The molecule has 1 saturated carbocycles. The Morgan fingerprint density at radius 3 is 2.72 bits per heavy atom. The van der Waals surface area contributed by atoms with Crippen LogP contribution in [0.5, 0.6) is 0 Å². The van der Waals surface area contributed by atoms with Gasteiger partial charge in [0.05, 0.1) is 11.3 Å². The highest BCUT2D eigenvalue weighted by Gasteiger charge is 2.25. The Morgan fingerprint density at radius 1 is 1.44 bits per heavy atom. The van der Waals surface area contributed by atoms with Crippen molar-refractivity contribution in [3.8, 4) is 0 Å². The van der Waals surface area contributed by atoms with Crippen LogP contribution >= 0.6 is 0 Å².